The number of carbonyl (C=O) groups is 1. The quantitative estimate of drug-likeness (QED) is 0.294. The van der Waals surface area contributed by atoms with Gasteiger partial charge in [0.15, 0.2) is 0 Å². The summed E-state index contributed by atoms with van der Waals surface area (Å²) in [6.07, 6.45) is 7.17. The number of benzene rings is 3. The minimum Gasteiger partial charge on any atom is -0.495 e. The number of rotatable bonds is 6. The molecule has 3 aromatic carbocycles. The molecular weight excluding hydrogens is 524 g/mol. The van der Waals surface area contributed by atoms with Gasteiger partial charge in [0.25, 0.3) is 0 Å². The third kappa shape index (κ3) is 6.52. The van der Waals surface area contributed by atoms with Crippen LogP contribution < -0.4 is 9.64 Å². The molecule has 8 nitrogen and oxygen atoms in total. The van der Waals surface area contributed by atoms with Crippen molar-refractivity contribution < 1.29 is 9.53 Å². The smallest absolute Gasteiger partial charge is 0.242 e. The number of H-pyrrole nitrogens is 1. The van der Waals surface area contributed by atoms with E-state index in [9.17, 15) is 4.79 Å². The van der Waals surface area contributed by atoms with Crippen LogP contribution in [0.5, 0.6) is 5.75 Å². The third-order valence-corrected chi connectivity index (χ3v) is 7.04. The maximum absolute atomic E-state index is 12.9. The fourth-order valence-corrected chi connectivity index (χ4v) is 4.80. The Kier molecular flexibility index (Phi) is 8.78. The van der Waals surface area contributed by atoms with E-state index in [1.54, 1.807) is 19.5 Å². The fraction of sp³-hybridized carbons (Fsp3) is 0.194. The van der Waals surface area contributed by atoms with Crippen LogP contribution in [0.1, 0.15) is 0 Å². The predicted octanol–water partition coefficient (Wildman–Crippen LogP) is 5.64. The summed E-state index contributed by atoms with van der Waals surface area (Å²) in [7, 11) is 1.61. The molecule has 0 radical (unpaired) electrons. The van der Waals surface area contributed by atoms with E-state index in [1.165, 1.54) is 0 Å². The van der Waals surface area contributed by atoms with Crippen molar-refractivity contribution >= 4 is 23.2 Å². The molecular formula is C31H31ClN6O2. The SMILES string of the molecule is COc1cc(N2CCN(C(=O)Cn3ccnc3-c3ccccc3)CC2)ccc1Cl.c1ccc(-c2ncc[nH]2)cc1. The lowest BCUT2D eigenvalue weighted by molar-refractivity contribution is -0.132. The molecule has 40 heavy (non-hydrogen) atoms. The Morgan fingerprint density at radius 3 is 2.25 bits per heavy atom. The number of hydrogen-bond acceptors (Lipinski definition) is 5. The average Bonchev–Trinajstić information content (AvgIpc) is 3.72. The van der Waals surface area contributed by atoms with Gasteiger partial charge in [0.1, 0.15) is 23.9 Å². The first-order valence-electron chi connectivity index (χ1n) is 13.1. The number of aromatic amines is 1. The number of hydrogen-bond donors (Lipinski definition) is 1. The first kappa shape index (κ1) is 27.0. The van der Waals surface area contributed by atoms with Crippen molar-refractivity contribution in [1.82, 2.24) is 24.4 Å². The van der Waals surface area contributed by atoms with Gasteiger partial charge in [-0.2, -0.15) is 0 Å². The van der Waals surface area contributed by atoms with Crippen LogP contribution in [0.25, 0.3) is 22.8 Å². The molecule has 1 saturated heterocycles. The monoisotopic (exact) mass is 554 g/mol. The zero-order valence-corrected chi connectivity index (χ0v) is 23.0. The maximum Gasteiger partial charge on any atom is 0.242 e. The minimum atomic E-state index is 0.105. The van der Waals surface area contributed by atoms with Crippen LogP contribution in [0.3, 0.4) is 0 Å². The van der Waals surface area contributed by atoms with Crippen LogP contribution in [0.4, 0.5) is 5.69 Å². The summed E-state index contributed by atoms with van der Waals surface area (Å²) in [4.78, 5) is 28.6. The standard InChI is InChI=1S/C22H23ClN4O2.C9H8N2/c1-29-20-15-18(7-8-19(20)23)25-11-13-26(14-12-25)21(28)16-27-10-9-24-22(27)17-5-3-2-4-6-17;1-2-4-8(5-3-1)9-10-6-7-11-9/h2-10,15H,11-14,16H2,1H3;1-7H,(H,10,11). The summed E-state index contributed by atoms with van der Waals surface area (Å²) in [6.45, 7) is 3.19. The lowest BCUT2D eigenvalue weighted by Gasteiger charge is -2.36. The molecule has 1 aliphatic rings. The van der Waals surface area contributed by atoms with Gasteiger partial charge >= 0.3 is 0 Å². The van der Waals surface area contributed by atoms with Gasteiger partial charge in [-0.05, 0) is 12.1 Å². The molecule has 9 heteroatoms. The number of ether oxygens (including phenoxy) is 1. The highest BCUT2D eigenvalue weighted by molar-refractivity contribution is 6.32. The van der Waals surface area contributed by atoms with Crippen LogP contribution in [-0.4, -0.2) is 63.6 Å². The largest absolute Gasteiger partial charge is 0.495 e. The highest BCUT2D eigenvalue weighted by atomic mass is 35.5. The van der Waals surface area contributed by atoms with E-state index < -0.39 is 0 Å². The van der Waals surface area contributed by atoms with Crippen LogP contribution in [-0.2, 0) is 11.3 Å². The van der Waals surface area contributed by atoms with E-state index >= 15 is 0 Å². The lowest BCUT2D eigenvalue weighted by Crippen LogP contribution is -2.49. The Morgan fingerprint density at radius 1 is 0.900 bits per heavy atom. The van der Waals surface area contributed by atoms with Gasteiger partial charge in [-0.1, -0.05) is 72.3 Å². The van der Waals surface area contributed by atoms with Crippen molar-refractivity contribution in [2.45, 2.75) is 6.54 Å². The summed E-state index contributed by atoms with van der Waals surface area (Å²) in [5.74, 6) is 2.50. The second kappa shape index (κ2) is 13.0. The molecule has 204 valence electrons. The van der Waals surface area contributed by atoms with E-state index in [0.717, 1.165) is 41.6 Å². The molecule has 3 heterocycles. The highest BCUT2D eigenvalue weighted by Gasteiger charge is 2.22. The zero-order valence-electron chi connectivity index (χ0n) is 22.3. The zero-order chi connectivity index (χ0) is 27.7. The van der Waals surface area contributed by atoms with E-state index in [4.69, 9.17) is 16.3 Å². The first-order chi connectivity index (χ1) is 19.6. The van der Waals surface area contributed by atoms with Crippen molar-refractivity contribution in [2.75, 3.05) is 38.2 Å². The number of amides is 1. The fourth-order valence-electron chi connectivity index (χ4n) is 4.61. The van der Waals surface area contributed by atoms with E-state index in [2.05, 4.69) is 19.9 Å². The third-order valence-electron chi connectivity index (χ3n) is 6.73. The number of carbonyl (C=O) groups excluding carboxylic acids is 1. The van der Waals surface area contributed by atoms with Gasteiger partial charge in [-0.25, -0.2) is 9.97 Å². The molecule has 6 rings (SSSR count). The lowest BCUT2D eigenvalue weighted by atomic mass is 10.2. The minimum absolute atomic E-state index is 0.105. The molecule has 0 saturated carbocycles. The number of halogens is 1. The van der Waals surface area contributed by atoms with Crippen molar-refractivity contribution in [3.63, 3.8) is 0 Å². The molecule has 2 aromatic heterocycles. The van der Waals surface area contributed by atoms with Gasteiger partial charge in [0.05, 0.1) is 12.1 Å². The average molecular weight is 555 g/mol. The summed E-state index contributed by atoms with van der Waals surface area (Å²) in [5, 5.41) is 0.597. The summed E-state index contributed by atoms with van der Waals surface area (Å²) in [5.41, 5.74) is 3.18. The van der Waals surface area contributed by atoms with Crippen molar-refractivity contribution in [3.05, 3.63) is 109 Å². The first-order valence-corrected chi connectivity index (χ1v) is 13.5. The molecule has 5 aromatic rings. The number of nitrogens with zero attached hydrogens (tertiary/aromatic N) is 5. The Labute approximate surface area is 238 Å². The predicted molar refractivity (Wildman–Crippen MR) is 158 cm³/mol. The number of imidazole rings is 2. The molecule has 1 N–H and O–H groups in total. The molecule has 0 bridgehead atoms. The van der Waals surface area contributed by atoms with Crippen molar-refractivity contribution in [2.24, 2.45) is 0 Å². The summed E-state index contributed by atoms with van der Waals surface area (Å²) in [6, 6.07) is 25.7. The molecule has 1 amide bonds. The number of anilines is 1. The molecule has 0 spiro atoms. The van der Waals surface area contributed by atoms with Gasteiger partial charge in [0.2, 0.25) is 5.91 Å². The Balaban J connectivity index is 0.000000244. The molecule has 0 aliphatic carbocycles. The van der Waals surface area contributed by atoms with Crippen molar-refractivity contribution in [1.29, 1.82) is 0 Å². The molecule has 0 atom stereocenters. The topological polar surface area (TPSA) is 79.3 Å². The van der Waals surface area contributed by atoms with E-state index in [0.29, 0.717) is 30.4 Å². The second-order valence-electron chi connectivity index (χ2n) is 9.24. The Bertz CT molecular complexity index is 1500. The van der Waals surface area contributed by atoms with Crippen molar-refractivity contribution in [3.8, 4) is 28.5 Å². The summed E-state index contributed by atoms with van der Waals surface area (Å²) < 4.78 is 7.22. The van der Waals surface area contributed by atoms with Gasteiger partial charge in [0, 0.05) is 73.8 Å². The maximum atomic E-state index is 12.9. The van der Waals surface area contributed by atoms with E-state index in [-0.39, 0.29) is 5.91 Å². The normalized spacial score (nSPS) is 12.9. The van der Waals surface area contributed by atoms with Crippen LogP contribution in [0, 0.1) is 0 Å². The number of nitrogens with one attached hydrogen (secondary N) is 1. The Morgan fingerprint density at radius 2 is 1.60 bits per heavy atom. The molecule has 1 fully saturated rings. The molecule has 0 unspecified atom stereocenters. The number of piperazine rings is 1. The number of aromatic nitrogens is 4. The van der Waals surface area contributed by atoms with Gasteiger partial charge < -0.3 is 24.1 Å². The number of methoxy groups -OCH3 is 1. The van der Waals surface area contributed by atoms with E-state index in [1.807, 2.05) is 101 Å². The molecule has 1 aliphatic heterocycles. The highest BCUT2D eigenvalue weighted by Crippen LogP contribution is 2.30. The summed E-state index contributed by atoms with van der Waals surface area (Å²) >= 11 is 6.12. The Hall–Kier alpha value is -4.56. The second-order valence-corrected chi connectivity index (χ2v) is 9.64. The van der Waals surface area contributed by atoms with Gasteiger partial charge in [-0.3, -0.25) is 4.79 Å². The van der Waals surface area contributed by atoms with Crippen LogP contribution in [0.15, 0.2) is 104 Å². The van der Waals surface area contributed by atoms with Crippen LogP contribution >= 0.6 is 11.6 Å². The van der Waals surface area contributed by atoms with Crippen LogP contribution in [0.2, 0.25) is 5.02 Å². The van der Waals surface area contributed by atoms with Gasteiger partial charge in [-0.15, -0.1) is 0 Å².